The third-order valence-electron chi connectivity index (χ3n) is 3.79. The van der Waals surface area contributed by atoms with Crippen molar-refractivity contribution < 1.29 is 4.79 Å². The Kier molecular flexibility index (Phi) is 11.0. The summed E-state index contributed by atoms with van der Waals surface area (Å²) in [6, 6.07) is 0. The van der Waals surface area contributed by atoms with Gasteiger partial charge < -0.3 is 16.0 Å². The average Bonchev–Trinajstić information content (AvgIpc) is 2.44. The third-order valence-corrected chi connectivity index (χ3v) is 4.49. The van der Waals surface area contributed by atoms with E-state index in [9.17, 15) is 4.79 Å². The first-order chi connectivity index (χ1) is 10.8. The lowest BCUT2D eigenvalue weighted by Gasteiger charge is -2.23. The fraction of sp³-hybridized carbons (Fsp3) is 0.875. The van der Waals surface area contributed by atoms with E-state index >= 15 is 0 Å². The monoisotopic (exact) mass is 328 g/mol. The minimum Gasteiger partial charge on any atom is -0.357 e. The van der Waals surface area contributed by atoms with Gasteiger partial charge in [-0.15, -0.1) is 0 Å². The van der Waals surface area contributed by atoms with Crippen LogP contribution in [0.3, 0.4) is 0 Å². The van der Waals surface area contributed by atoms with E-state index in [1.165, 1.54) is 25.0 Å². The molecule has 1 fully saturated rings. The molecule has 0 heterocycles. The molecule has 1 aliphatic rings. The minimum absolute atomic E-state index is 0.231. The van der Waals surface area contributed by atoms with Crippen molar-refractivity contribution in [3.63, 3.8) is 0 Å². The molecule has 0 saturated heterocycles. The predicted molar refractivity (Wildman–Crippen MR) is 96.6 cm³/mol. The van der Waals surface area contributed by atoms with Gasteiger partial charge in [0.15, 0.2) is 5.96 Å². The summed E-state index contributed by atoms with van der Waals surface area (Å²) in [5.74, 6) is 2.62. The number of nitrogens with zero attached hydrogens (tertiary/aromatic N) is 1. The van der Waals surface area contributed by atoms with Crippen molar-refractivity contribution in [1.82, 2.24) is 16.0 Å². The SMILES string of the molecule is CCNC(=NCCCNC(=O)C1CCC1)NCCCCSC. The highest BCUT2D eigenvalue weighted by Gasteiger charge is 2.24. The molecule has 0 atom stereocenters. The van der Waals surface area contributed by atoms with Crippen molar-refractivity contribution >= 4 is 23.6 Å². The molecule has 0 bridgehead atoms. The maximum atomic E-state index is 11.7. The number of hydrogen-bond donors (Lipinski definition) is 3. The van der Waals surface area contributed by atoms with E-state index in [0.717, 1.165) is 51.4 Å². The van der Waals surface area contributed by atoms with Crippen LogP contribution in [0.5, 0.6) is 0 Å². The van der Waals surface area contributed by atoms with E-state index in [1.807, 2.05) is 11.8 Å². The quantitative estimate of drug-likeness (QED) is 0.308. The first-order valence-corrected chi connectivity index (χ1v) is 9.96. The minimum atomic E-state index is 0.231. The maximum absolute atomic E-state index is 11.7. The third kappa shape index (κ3) is 8.51. The Hall–Kier alpha value is -0.910. The Labute approximate surface area is 139 Å². The van der Waals surface area contributed by atoms with Crippen LogP contribution < -0.4 is 16.0 Å². The van der Waals surface area contributed by atoms with Crippen LogP contribution in [0.15, 0.2) is 4.99 Å². The van der Waals surface area contributed by atoms with Crippen molar-refractivity contribution in [3.05, 3.63) is 0 Å². The fourth-order valence-electron chi connectivity index (χ4n) is 2.22. The first-order valence-electron chi connectivity index (χ1n) is 8.56. The van der Waals surface area contributed by atoms with Gasteiger partial charge in [-0.3, -0.25) is 9.79 Å². The molecule has 1 saturated carbocycles. The lowest BCUT2D eigenvalue weighted by molar-refractivity contribution is -0.127. The smallest absolute Gasteiger partial charge is 0.223 e. The molecule has 0 spiro atoms. The van der Waals surface area contributed by atoms with Gasteiger partial charge in [-0.1, -0.05) is 6.42 Å². The molecule has 0 radical (unpaired) electrons. The normalized spacial score (nSPS) is 15.3. The zero-order valence-corrected chi connectivity index (χ0v) is 14.9. The standard InChI is InChI=1S/C16H32N4OS/c1-3-17-16(19-10-4-5-13-22-2)20-12-7-11-18-15(21)14-8-6-9-14/h14H,3-13H2,1-2H3,(H,18,21)(H2,17,19,20). The highest BCUT2D eigenvalue weighted by molar-refractivity contribution is 7.98. The molecule has 0 unspecified atom stereocenters. The second kappa shape index (κ2) is 12.6. The van der Waals surface area contributed by atoms with Crippen molar-refractivity contribution in [3.8, 4) is 0 Å². The van der Waals surface area contributed by atoms with Gasteiger partial charge in [0.1, 0.15) is 0 Å². The maximum Gasteiger partial charge on any atom is 0.223 e. The van der Waals surface area contributed by atoms with Crippen LogP contribution >= 0.6 is 11.8 Å². The molecule has 6 heteroatoms. The number of carbonyl (C=O) groups excluding carboxylic acids is 1. The molecule has 22 heavy (non-hydrogen) atoms. The summed E-state index contributed by atoms with van der Waals surface area (Å²) in [5, 5.41) is 9.62. The van der Waals surface area contributed by atoms with Crippen molar-refractivity contribution in [1.29, 1.82) is 0 Å². The lowest BCUT2D eigenvalue weighted by Crippen LogP contribution is -2.38. The van der Waals surface area contributed by atoms with Gasteiger partial charge in [0.25, 0.3) is 0 Å². The molecule has 1 amide bonds. The van der Waals surface area contributed by atoms with Crippen LogP contribution in [0.2, 0.25) is 0 Å². The molecular weight excluding hydrogens is 296 g/mol. The van der Waals surface area contributed by atoms with Crippen molar-refractivity contribution in [2.24, 2.45) is 10.9 Å². The Morgan fingerprint density at radius 3 is 2.55 bits per heavy atom. The summed E-state index contributed by atoms with van der Waals surface area (Å²) in [7, 11) is 0. The topological polar surface area (TPSA) is 65.5 Å². The van der Waals surface area contributed by atoms with Gasteiger partial charge in [0, 0.05) is 32.1 Å². The first kappa shape index (κ1) is 19.1. The number of thioether (sulfide) groups is 1. The van der Waals surface area contributed by atoms with Crippen LogP contribution in [0.4, 0.5) is 0 Å². The summed E-state index contributed by atoms with van der Waals surface area (Å²) < 4.78 is 0. The summed E-state index contributed by atoms with van der Waals surface area (Å²) >= 11 is 1.89. The number of unbranched alkanes of at least 4 members (excludes halogenated alkanes) is 1. The van der Waals surface area contributed by atoms with Crippen LogP contribution in [0.1, 0.15) is 45.4 Å². The molecule has 0 aliphatic heterocycles. The van der Waals surface area contributed by atoms with E-state index in [-0.39, 0.29) is 11.8 Å². The molecule has 0 aromatic rings. The second-order valence-electron chi connectivity index (χ2n) is 5.66. The summed E-state index contributed by atoms with van der Waals surface area (Å²) in [5.41, 5.74) is 0. The number of amides is 1. The Balaban J connectivity index is 2.08. The van der Waals surface area contributed by atoms with Gasteiger partial charge >= 0.3 is 0 Å². The van der Waals surface area contributed by atoms with Gasteiger partial charge in [-0.05, 0) is 51.0 Å². The number of carbonyl (C=O) groups is 1. The van der Waals surface area contributed by atoms with E-state index < -0.39 is 0 Å². The second-order valence-corrected chi connectivity index (χ2v) is 6.65. The van der Waals surface area contributed by atoms with Crippen molar-refractivity contribution in [2.75, 3.05) is 38.2 Å². The molecule has 3 N–H and O–H groups in total. The van der Waals surface area contributed by atoms with E-state index in [0.29, 0.717) is 0 Å². The number of rotatable bonds is 11. The average molecular weight is 329 g/mol. The molecule has 0 aromatic carbocycles. The van der Waals surface area contributed by atoms with Gasteiger partial charge in [0.2, 0.25) is 5.91 Å². The van der Waals surface area contributed by atoms with Crippen LogP contribution in [-0.4, -0.2) is 50.1 Å². The molecule has 1 aliphatic carbocycles. The Bertz CT molecular complexity index is 332. The van der Waals surface area contributed by atoms with Gasteiger partial charge in [-0.2, -0.15) is 11.8 Å². The van der Waals surface area contributed by atoms with E-state index in [1.54, 1.807) is 0 Å². The number of hydrogen-bond acceptors (Lipinski definition) is 3. The van der Waals surface area contributed by atoms with Crippen LogP contribution in [0, 0.1) is 5.92 Å². The largest absolute Gasteiger partial charge is 0.357 e. The zero-order chi connectivity index (χ0) is 16.0. The van der Waals surface area contributed by atoms with E-state index in [4.69, 9.17) is 0 Å². The fourth-order valence-corrected chi connectivity index (χ4v) is 2.71. The van der Waals surface area contributed by atoms with Gasteiger partial charge in [-0.25, -0.2) is 0 Å². The summed E-state index contributed by atoms with van der Waals surface area (Å²) in [4.78, 5) is 16.2. The van der Waals surface area contributed by atoms with Crippen LogP contribution in [-0.2, 0) is 4.79 Å². The lowest BCUT2D eigenvalue weighted by atomic mass is 9.85. The number of guanidine groups is 1. The highest BCUT2D eigenvalue weighted by Crippen LogP contribution is 2.25. The molecular formula is C16H32N4OS. The van der Waals surface area contributed by atoms with Gasteiger partial charge in [0.05, 0.1) is 0 Å². The van der Waals surface area contributed by atoms with E-state index in [2.05, 4.69) is 34.1 Å². The molecule has 0 aromatic heterocycles. The Morgan fingerprint density at radius 1 is 1.14 bits per heavy atom. The van der Waals surface area contributed by atoms with Crippen LogP contribution in [0.25, 0.3) is 0 Å². The van der Waals surface area contributed by atoms with Crippen molar-refractivity contribution in [2.45, 2.75) is 45.4 Å². The summed E-state index contributed by atoms with van der Waals surface area (Å²) in [6.07, 6.45) is 8.77. The highest BCUT2D eigenvalue weighted by atomic mass is 32.2. The Morgan fingerprint density at radius 2 is 1.91 bits per heavy atom. The molecule has 128 valence electrons. The number of nitrogens with one attached hydrogen (secondary N) is 3. The summed E-state index contributed by atoms with van der Waals surface area (Å²) in [6.45, 7) is 5.38. The predicted octanol–water partition coefficient (Wildman–Crippen LogP) is 1.99. The molecule has 1 rings (SSSR count). The zero-order valence-electron chi connectivity index (χ0n) is 14.1. The number of aliphatic imine (C=N–C) groups is 1. The molecule has 5 nitrogen and oxygen atoms in total.